The first-order valence-electron chi connectivity index (χ1n) is 4.69. The summed E-state index contributed by atoms with van der Waals surface area (Å²) < 4.78 is 4.78. The molecule has 0 heterocycles. The van der Waals surface area contributed by atoms with Crippen LogP contribution in [0, 0.1) is 0 Å². The van der Waals surface area contributed by atoms with Gasteiger partial charge in [0.15, 0.2) is 0 Å². The summed E-state index contributed by atoms with van der Waals surface area (Å²) in [5.41, 5.74) is 5.97. The van der Waals surface area contributed by atoms with E-state index in [4.69, 9.17) is 10.5 Å². The Morgan fingerprint density at radius 1 is 1.53 bits per heavy atom. The van der Waals surface area contributed by atoms with E-state index in [0.717, 1.165) is 5.57 Å². The van der Waals surface area contributed by atoms with Crippen LogP contribution in [-0.4, -0.2) is 26.2 Å². The van der Waals surface area contributed by atoms with Crippen LogP contribution in [-0.2, 0) is 9.53 Å². The molecule has 0 aromatic heterocycles. The van der Waals surface area contributed by atoms with E-state index in [0.29, 0.717) is 19.6 Å². The average Bonchev–Trinajstić information content (AvgIpc) is 2.24. The van der Waals surface area contributed by atoms with E-state index >= 15 is 0 Å². The molecule has 1 amide bonds. The van der Waals surface area contributed by atoms with Crippen molar-refractivity contribution in [1.82, 2.24) is 5.32 Å². The van der Waals surface area contributed by atoms with Gasteiger partial charge in [-0.05, 0) is 17.8 Å². The Morgan fingerprint density at radius 2 is 2.27 bits per heavy atom. The van der Waals surface area contributed by atoms with E-state index in [-0.39, 0.29) is 5.91 Å². The van der Waals surface area contributed by atoms with Gasteiger partial charge >= 0.3 is 0 Å². The van der Waals surface area contributed by atoms with E-state index in [1.807, 2.05) is 0 Å². The van der Waals surface area contributed by atoms with Gasteiger partial charge in [0.05, 0.1) is 6.61 Å². The Kier molecular flexibility index (Phi) is 8.09. The number of nitrogens with two attached hydrogens (primary N) is 1. The monoisotopic (exact) mass is 210 g/mol. The summed E-state index contributed by atoms with van der Waals surface area (Å²) in [6, 6.07) is 0. The lowest BCUT2D eigenvalue weighted by atomic mass is 10.2. The van der Waals surface area contributed by atoms with Crippen molar-refractivity contribution in [3.05, 3.63) is 36.6 Å². The van der Waals surface area contributed by atoms with Crippen molar-refractivity contribution >= 4 is 5.91 Å². The minimum atomic E-state index is -0.0410. The number of nitrogens with one attached hydrogen (secondary N) is 1. The second kappa shape index (κ2) is 9.02. The largest absolute Gasteiger partial charge is 0.405 e. The minimum Gasteiger partial charge on any atom is -0.405 e. The normalized spacial score (nSPS) is 11.0. The molecule has 4 heteroatoms. The molecule has 84 valence electrons. The number of carbonyl (C=O) groups is 1. The Hall–Kier alpha value is -1.55. The van der Waals surface area contributed by atoms with Gasteiger partial charge in [0.2, 0.25) is 5.91 Å². The SMILES string of the molecule is C=C(/C=C\C=C/N)CNC(=O)CCOC. The number of allylic oxidation sites excluding steroid dienone is 2. The van der Waals surface area contributed by atoms with Crippen molar-refractivity contribution in [2.24, 2.45) is 5.73 Å². The van der Waals surface area contributed by atoms with Gasteiger partial charge in [-0.2, -0.15) is 0 Å². The summed E-state index contributed by atoms with van der Waals surface area (Å²) in [6.07, 6.45) is 7.05. The highest BCUT2D eigenvalue weighted by Crippen LogP contribution is 1.91. The molecule has 0 aliphatic heterocycles. The van der Waals surface area contributed by atoms with Crippen LogP contribution in [0.4, 0.5) is 0 Å². The van der Waals surface area contributed by atoms with Gasteiger partial charge in [-0.3, -0.25) is 4.79 Å². The number of hydrogen-bond acceptors (Lipinski definition) is 3. The van der Waals surface area contributed by atoms with Crippen molar-refractivity contribution in [2.45, 2.75) is 6.42 Å². The zero-order valence-electron chi connectivity index (χ0n) is 9.03. The maximum absolute atomic E-state index is 11.1. The average molecular weight is 210 g/mol. The fourth-order valence-electron chi connectivity index (χ4n) is 0.810. The van der Waals surface area contributed by atoms with Crippen LogP contribution in [0.1, 0.15) is 6.42 Å². The maximum atomic E-state index is 11.1. The Morgan fingerprint density at radius 3 is 2.87 bits per heavy atom. The lowest BCUT2D eigenvalue weighted by Crippen LogP contribution is -2.25. The van der Waals surface area contributed by atoms with Crippen molar-refractivity contribution in [2.75, 3.05) is 20.3 Å². The molecule has 4 nitrogen and oxygen atoms in total. The number of ether oxygens (including phenoxy) is 1. The van der Waals surface area contributed by atoms with E-state index in [1.54, 1.807) is 25.3 Å². The molecule has 0 spiro atoms. The molecule has 3 N–H and O–H groups in total. The highest BCUT2D eigenvalue weighted by Gasteiger charge is 1.99. The first kappa shape index (κ1) is 13.4. The van der Waals surface area contributed by atoms with Crippen molar-refractivity contribution in [3.8, 4) is 0 Å². The van der Waals surface area contributed by atoms with E-state index < -0.39 is 0 Å². The van der Waals surface area contributed by atoms with Gasteiger partial charge in [0, 0.05) is 20.1 Å². The molecule has 0 aliphatic rings. The van der Waals surface area contributed by atoms with Gasteiger partial charge in [0.1, 0.15) is 0 Å². The molecule has 0 fully saturated rings. The zero-order valence-corrected chi connectivity index (χ0v) is 9.03. The molecule has 0 saturated heterocycles. The molecular weight excluding hydrogens is 192 g/mol. The molecule has 0 atom stereocenters. The molecule has 0 aromatic rings. The van der Waals surface area contributed by atoms with Crippen molar-refractivity contribution in [3.63, 3.8) is 0 Å². The third-order valence-electron chi connectivity index (χ3n) is 1.60. The van der Waals surface area contributed by atoms with Crippen LogP contribution in [0.5, 0.6) is 0 Å². The molecule has 0 bridgehead atoms. The number of amides is 1. The molecule has 15 heavy (non-hydrogen) atoms. The maximum Gasteiger partial charge on any atom is 0.222 e. The number of carbonyl (C=O) groups excluding carboxylic acids is 1. The molecule has 0 saturated carbocycles. The summed E-state index contributed by atoms with van der Waals surface area (Å²) in [4.78, 5) is 11.1. The fraction of sp³-hybridized carbons (Fsp3) is 0.364. The molecule has 0 unspecified atom stereocenters. The number of methoxy groups -OCH3 is 1. The zero-order chi connectivity index (χ0) is 11.5. The van der Waals surface area contributed by atoms with Crippen LogP contribution in [0.25, 0.3) is 0 Å². The summed E-state index contributed by atoms with van der Waals surface area (Å²) in [6.45, 7) is 4.65. The Balaban J connectivity index is 3.66. The number of rotatable bonds is 7. The predicted molar refractivity (Wildman–Crippen MR) is 61.1 cm³/mol. The Labute approximate surface area is 90.5 Å². The third-order valence-corrected chi connectivity index (χ3v) is 1.60. The van der Waals surface area contributed by atoms with Crippen molar-refractivity contribution in [1.29, 1.82) is 0 Å². The summed E-state index contributed by atoms with van der Waals surface area (Å²) >= 11 is 0. The van der Waals surface area contributed by atoms with Gasteiger partial charge < -0.3 is 15.8 Å². The van der Waals surface area contributed by atoms with Gasteiger partial charge in [0.25, 0.3) is 0 Å². The first-order valence-corrected chi connectivity index (χ1v) is 4.69. The molecule has 0 rings (SSSR count). The van der Waals surface area contributed by atoms with Crippen molar-refractivity contribution < 1.29 is 9.53 Å². The molecule has 0 aliphatic carbocycles. The summed E-state index contributed by atoms with van der Waals surface area (Å²) in [5.74, 6) is -0.0410. The molecule has 0 aromatic carbocycles. The number of hydrogen-bond donors (Lipinski definition) is 2. The van der Waals surface area contributed by atoms with E-state index in [2.05, 4.69) is 11.9 Å². The Bertz CT molecular complexity index is 257. The first-order chi connectivity index (χ1) is 7.20. The summed E-state index contributed by atoms with van der Waals surface area (Å²) in [5, 5.41) is 2.72. The molecule has 0 radical (unpaired) electrons. The lowest BCUT2D eigenvalue weighted by molar-refractivity contribution is -0.121. The fourth-order valence-corrected chi connectivity index (χ4v) is 0.810. The van der Waals surface area contributed by atoms with Gasteiger partial charge in [-0.1, -0.05) is 18.7 Å². The van der Waals surface area contributed by atoms with Gasteiger partial charge in [-0.15, -0.1) is 0 Å². The van der Waals surface area contributed by atoms with Crippen LogP contribution >= 0.6 is 0 Å². The standard InChI is InChI=1S/C11H18N2O2/c1-10(5-3-4-7-12)9-13-11(14)6-8-15-2/h3-5,7H,1,6,8-9,12H2,2H3,(H,13,14)/b5-3-,7-4-. The van der Waals surface area contributed by atoms with Crippen LogP contribution in [0.2, 0.25) is 0 Å². The van der Waals surface area contributed by atoms with E-state index in [1.165, 1.54) is 6.20 Å². The highest BCUT2D eigenvalue weighted by atomic mass is 16.5. The summed E-state index contributed by atoms with van der Waals surface area (Å²) in [7, 11) is 1.56. The van der Waals surface area contributed by atoms with Crippen LogP contribution < -0.4 is 11.1 Å². The quantitative estimate of drug-likeness (QED) is 0.609. The highest BCUT2D eigenvalue weighted by molar-refractivity contribution is 5.76. The second-order valence-corrected chi connectivity index (χ2v) is 2.92. The predicted octanol–water partition coefficient (Wildman–Crippen LogP) is 0.724. The third kappa shape index (κ3) is 8.77. The smallest absolute Gasteiger partial charge is 0.222 e. The minimum absolute atomic E-state index is 0.0410. The van der Waals surface area contributed by atoms with Crippen LogP contribution in [0.3, 0.4) is 0 Å². The van der Waals surface area contributed by atoms with E-state index in [9.17, 15) is 4.79 Å². The second-order valence-electron chi connectivity index (χ2n) is 2.92. The molecular formula is C11H18N2O2. The van der Waals surface area contributed by atoms with Gasteiger partial charge in [-0.25, -0.2) is 0 Å². The van der Waals surface area contributed by atoms with Crippen LogP contribution in [0.15, 0.2) is 36.6 Å². The lowest BCUT2D eigenvalue weighted by Gasteiger charge is -2.03. The topological polar surface area (TPSA) is 64.3 Å².